The Morgan fingerprint density at radius 1 is 1.41 bits per heavy atom. The molecule has 0 saturated carbocycles. The van der Waals surface area contributed by atoms with Crippen molar-refractivity contribution in [1.82, 2.24) is 14.5 Å². The monoisotopic (exact) mass is 353 g/mol. The van der Waals surface area contributed by atoms with E-state index in [1.165, 1.54) is 33.6 Å². The van der Waals surface area contributed by atoms with Gasteiger partial charge in [-0.2, -0.15) is 0 Å². The van der Waals surface area contributed by atoms with Crippen molar-refractivity contribution in [3.8, 4) is 0 Å². The first kappa shape index (κ1) is 15.2. The summed E-state index contributed by atoms with van der Waals surface area (Å²) in [5.41, 5.74) is 0.487. The fraction of sp³-hybridized carbons (Fsp3) is 0.214. The third-order valence-corrected chi connectivity index (χ3v) is 5.30. The molecule has 0 aromatic carbocycles. The van der Waals surface area contributed by atoms with E-state index in [1.807, 2.05) is 11.4 Å². The van der Waals surface area contributed by atoms with Crippen LogP contribution in [0.5, 0.6) is 0 Å². The Hall–Kier alpha value is -1.70. The molecule has 0 atom stereocenters. The van der Waals surface area contributed by atoms with Crippen LogP contribution in [0.4, 0.5) is 0 Å². The van der Waals surface area contributed by atoms with Crippen LogP contribution in [0.3, 0.4) is 0 Å². The van der Waals surface area contributed by atoms with Crippen LogP contribution in [0.15, 0.2) is 34.7 Å². The Balaban J connectivity index is 1.74. The van der Waals surface area contributed by atoms with Crippen molar-refractivity contribution < 1.29 is 4.79 Å². The maximum Gasteiger partial charge on any atom is 0.271 e. The molecule has 0 aliphatic carbocycles. The molecule has 22 heavy (non-hydrogen) atoms. The molecule has 0 radical (unpaired) electrons. The zero-order valence-electron chi connectivity index (χ0n) is 11.7. The average molecular weight is 354 g/mol. The molecule has 5 nitrogen and oxygen atoms in total. The highest BCUT2D eigenvalue weighted by Gasteiger charge is 2.13. The van der Waals surface area contributed by atoms with E-state index in [-0.39, 0.29) is 18.0 Å². The largest absolute Gasteiger partial charge is 0.339 e. The Morgan fingerprint density at radius 2 is 2.23 bits per heavy atom. The quantitative estimate of drug-likeness (QED) is 0.724. The fourth-order valence-corrected chi connectivity index (χ4v) is 3.95. The Morgan fingerprint density at radius 3 is 2.95 bits per heavy atom. The van der Waals surface area contributed by atoms with Crippen LogP contribution in [0.1, 0.15) is 4.88 Å². The van der Waals surface area contributed by atoms with Gasteiger partial charge < -0.3 is 4.90 Å². The number of carbonyl (C=O) groups is 1. The minimum Gasteiger partial charge on any atom is -0.339 e. The van der Waals surface area contributed by atoms with Crippen molar-refractivity contribution in [3.05, 3.63) is 49.5 Å². The van der Waals surface area contributed by atoms with E-state index in [4.69, 9.17) is 11.6 Å². The van der Waals surface area contributed by atoms with Crippen molar-refractivity contribution in [2.24, 2.45) is 0 Å². The number of hydrogen-bond acceptors (Lipinski definition) is 5. The first-order valence-corrected chi connectivity index (χ1v) is 8.53. The Kier molecular flexibility index (Phi) is 4.28. The van der Waals surface area contributed by atoms with Gasteiger partial charge in [-0.15, -0.1) is 22.7 Å². The summed E-state index contributed by atoms with van der Waals surface area (Å²) < 4.78 is 2.61. The topological polar surface area (TPSA) is 55.2 Å². The molecule has 1 amide bonds. The minimum atomic E-state index is -0.180. The number of carbonyl (C=O) groups excluding carboxylic acids is 1. The second-order valence-electron chi connectivity index (χ2n) is 4.77. The van der Waals surface area contributed by atoms with Crippen LogP contribution in [0.25, 0.3) is 10.2 Å². The van der Waals surface area contributed by atoms with E-state index >= 15 is 0 Å². The van der Waals surface area contributed by atoms with Gasteiger partial charge in [0.05, 0.1) is 22.7 Å². The third kappa shape index (κ3) is 3.06. The molecular formula is C14H12ClN3O2S2. The van der Waals surface area contributed by atoms with Crippen LogP contribution in [-0.4, -0.2) is 27.4 Å². The summed E-state index contributed by atoms with van der Waals surface area (Å²) in [6.07, 6.45) is 1.42. The second-order valence-corrected chi connectivity index (χ2v) is 7.48. The molecule has 0 saturated heterocycles. The van der Waals surface area contributed by atoms with E-state index < -0.39 is 0 Å². The van der Waals surface area contributed by atoms with E-state index in [9.17, 15) is 9.59 Å². The Bertz CT molecular complexity index is 883. The van der Waals surface area contributed by atoms with Crippen molar-refractivity contribution in [2.45, 2.75) is 13.1 Å². The number of likely N-dealkylation sites (N-methyl/N-ethyl adjacent to an activating group) is 1. The van der Waals surface area contributed by atoms with Gasteiger partial charge in [-0.05, 0) is 23.6 Å². The van der Waals surface area contributed by atoms with E-state index in [1.54, 1.807) is 24.1 Å². The number of thiophene rings is 2. The Labute approximate surface area is 139 Å². The predicted octanol–water partition coefficient (Wildman–Crippen LogP) is 2.83. The number of hydrogen-bond donors (Lipinski definition) is 0. The molecule has 3 aromatic rings. The number of nitrogens with zero attached hydrogens (tertiary/aromatic N) is 3. The molecule has 0 bridgehead atoms. The van der Waals surface area contributed by atoms with E-state index in [0.29, 0.717) is 21.1 Å². The maximum atomic E-state index is 12.3. The summed E-state index contributed by atoms with van der Waals surface area (Å²) in [6, 6.07) is 5.49. The summed E-state index contributed by atoms with van der Waals surface area (Å²) in [6.45, 7) is 0.453. The molecule has 114 valence electrons. The van der Waals surface area contributed by atoms with Crippen molar-refractivity contribution in [3.63, 3.8) is 0 Å². The summed E-state index contributed by atoms with van der Waals surface area (Å²) in [7, 11) is 1.71. The molecule has 0 spiro atoms. The highest BCUT2D eigenvalue weighted by Crippen LogP contribution is 2.22. The summed E-state index contributed by atoms with van der Waals surface area (Å²) in [5.74, 6) is -0.149. The van der Waals surface area contributed by atoms with Crippen molar-refractivity contribution >= 4 is 50.4 Å². The highest BCUT2D eigenvalue weighted by atomic mass is 35.5. The van der Waals surface area contributed by atoms with Crippen LogP contribution >= 0.6 is 34.3 Å². The second kappa shape index (κ2) is 6.20. The number of fused-ring (bicyclic) bond motifs is 1. The predicted molar refractivity (Wildman–Crippen MR) is 89.7 cm³/mol. The fourth-order valence-electron chi connectivity index (χ4n) is 2.02. The number of rotatable bonds is 4. The zero-order chi connectivity index (χ0) is 15.7. The molecule has 0 aliphatic heterocycles. The lowest BCUT2D eigenvalue weighted by Crippen LogP contribution is -2.33. The van der Waals surface area contributed by atoms with Gasteiger partial charge in [-0.1, -0.05) is 11.6 Å². The van der Waals surface area contributed by atoms with Gasteiger partial charge in [0, 0.05) is 11.9 Å². The van der Waals surface area contributed by atoms with Gasteiger partial charge in [0.15, 0.2) is 0 Å². The van der Waals surface area contributed by atoms with Crippen LogP contribution in [-0.2, 0) is 17.9 Å². The maximum absolute atomic E-state index is 12.3. The molecule has 0 N–H and O–H groups in total. The van der Waals surface area contributed by atoms with Gasteiger partial charge in [-0.25, -0.2) is 4.98 Å². The van der Waals surface area contributed by atoms with E-state index in [0.717, 1.165) is 4.88 Å². The lowest BCUT2D eigenvalue weighted by atomic mass is 10.4. The molecular weight excluding hydrogens is 342 g/mol. The lowest BCUT2D eigenvalue weighted by Gasteiger charge is -2.16. The first-order valence-electron chi connectivity index (χ1n) is 6.45. The van der Waals surface area contributed by atoms with Gasteiger partial charge in [0.1, 0.15) is 11.2 Å². The van der Waals surface area contributed by atoms with Gasteiger partial charge in [-0.3, -0.25) is 14.2 Å². The molecule has 3 rings (SSSR count). The lowest BCUT2D eigenvalue weighted by molar-refractivity contribution is -0.131. The smallest absolute Gasteiger partial charge is 0.271 e. The molecule has 3 heterocycles. The van der Waals surface area contributed by atoms with E-state index in [2.05, 4.69) is 4.98 Å². The van der Waals surface area contributed by atoms with Gasteiger partial charge in [0.2, 0.25) is 5.91 Å². The van der Waals surface area contributed by atoms with Crippen molar-refractivity contribution in [1.29, 1.82) is 0 Å². The average Bonchev–Trinajstić information content (AvgIpc) is 3.11. The highest BCUT2D eigenvalue weighted by molar-refractivity contribution is 7.17. The summed E-state index contributed by atoms with van der Waals surface area (Å²) in [4.78, 5) is 31.3. The van der Waals surface area contributed by atoms with Crippen LogP contribution < -0.4 is 5.56 Å². The zero-order valence-corrected chi connectivity index (χ0v) is 14.0. The van der Waals surface area contributed by atoms with Gasteiger partial charge >= 0.3 is 0 Å². The van der Waals surface area contributed by atoms with Crippen molar-refractivity contribution in [2.75, 3.05) is 7.05 Å². The van der Waals surface area contributed by atoms with Gasteiger partial charge in [0.25, 0.3) is 5.56 Å². The SMILES string of the molecule is CN(Cc1ccc(Cl)s1)C(=O)Cn1cnc2ccsc2c1=O. The normalized spacial score (nSPS) is 11.0. The number of halogens is 1. The summed E-state index contributed by atoms with van der Waals surface area (Å²) in [5, 5.41) is 1.82. The molecule has 0 fully saturated rings. The molecule has 0 aliphatic rings. The third-order valence-electron chi connectivity index (χ3n) is 3.19. The molecule has 0 unspecified atom stereocenters. The summed E-state index contributed by atoms with van der Waals surface area (Å²) >= 11 is 8.65. The van der Waals surface area contributed by atoms with Crippen LogP contribution in [0.2, 0.25) is 4.34 Å². The number of aromatic nitrogens is 2. The minimum absolute atomic E-state index is 0.0186. The number of amides is 1. The first-order chi connectivity index (χ1) is 10.5. The molecule has 8 heteroatoms. The van der Waals surface area contributed by atoms with Crippen LogP contribution in [0, 0.1) is 0 Å². The molecule has 3 aromatic heterocycles. The standard InChI is InChI=1S/C14H12ClN3O2S2/c1-17(6-9-2-3-11(15)22-9)12(19)7-18-8-16-10-4-5-21-13(10)14(18)20/h2-5,8H,6-7H2,1H3.